The third-order valence-corrected chi connectivity index (χ3v) is 3.84. The number of carbonyl (C=O) groups is 1. The van der Waals surface area contributed by atoms with Crippen LogP contribution in [0.15, 0.2) is 18.2 Å². The van der Waals surface area contributed by atoms with Gasteiger partial charge in [-0.2, -0.15) is 27.1 Å². The van der Waals surface area contributed by atoms with E-state index in [0.29, 0.717) is 11.3 Å². The Hall–Kier alpha value is -2.36. The van der Waals surface area contributed by atoms with E-state index < -0.39 is 36.0 Å². The van der Waals surface area contributed by atoms with Crippen molar-refractivity contribution < 1.29 is 31.5 Å². The summed E-state index contributed by atoms with van der Waals surface area (Å²) >= 11 is 5.62. The fourth-order valence-corrected chi connectivity index (χ4v) is 2.38. The minimum Gasteiger partial charge on any atom is -0.435 e. The number of anilines is 1. The van der Waals surface area contributed by atoms with Crippen LogP contribution >= 0.6 is 11.6 Å². The zero-order valence-corrected chi connectivity index (χ0v) is 14.3. The lowest BCUT2D eigenvalue weighted by Gasteiger charge is -2.11. The first-order valence-electron chi connectivity index (χ1n) is 7.14. The van der Waals surface area contributed by atoms with Gasteiger partial charge in [-0.3, -0.25) is 9.48 Å². The lowest BCUT2D eigenvalue weighted by molar-refractivity contribution is -0.141. The van der Waals surface area contributed by atoms with Gasteiger partial charge >= 0.3 is 12.8 Å². The Morgan fingerprint density at radius 2 is 2.00 bits per heavy atom. The van der Waals surface area contributed by atoms with E-state index in [9.17, 15) is 26.7 Å². The van der Waals surface area contributed by atoms with Crippen molar-refractivity contribution in [1.29, 1.82) is 0 Å². The molecule has 0 atom stereocenters. The predicted octanol–water partition coefficient (Wildman–Crippen LogP) is 4.41. The molecule has 0 aliphatic rings. The molecule has 1 amide bonds. The van der Waals surface area contributed by atoms with Gasteiger partial charge in [-0.05, 0) is 37.6 Å². The molecule has 1 N–H and O–H groups in total. The molecule has 0 unspecified atom stereocenters. The minimum atomic E-state index is -4.74. The SMILES string of the molecule is Cc1cc(OC(F)F)ccc1NC(=O)Cn1nc(C(F)(F)F)c(Cl)c1C. The third kappa shape index (κ3) is 4.63. The van der Waals surface area contributed by atoms with Crippen molar-refractivity contribution in [1.82, 2.24) is 9.78 Å². The Morgan fingerprint density at radius 1 is 1.35 bits per heavy atom. The fourth-order valence-electron chi connectivity index (χ4n) is 2.14. The van der Waals surface area contributed by atoms with Crippen LogP contribution in [0.5, 0.6) is 5.75 Å². The Labute approximate surface area is 149 Å². The Bertz CT molecular complexity index is 820. The number of halogens is 6. The first-order chi connectivity index (χ1) is 12.0. The molecule has 1 aromatic heterocycles. The summed E-state index contributed by atoms with van der Waals surface area (Å²) in [5.41, 5.74) is -0.549. The molecule has 1 aromatic carbocycles. The van der Waals surface area contributed by atoms with Gasteiger partial charge in [0.2, 0.25) is 5.91 Å². The van der Waals surface area contributed by atoms with E-state index in [1.807, 2.05) is 0 Å². The van der Waals surface area contributed by atoms with Crippen LogP contribution in [-0.4, -0.2) is 22.3 Å². The summed E-state index contributed by atoms with van der Waals surface area (Å²) in [6.07, 6.45) is -4.74. The van der Waals surface area contributed by atoms with Gasteiger partial charge in [0.25, 0.3) is 0 Å². The average molecular weight is 398 g/mol. The van der Waals surface area contributed by atoms with Crippen LogP contribution in [0.3, 0.4) is 0 Å². The first-order valence-corrected chi connectivity index (χ1v) is 7.52. The molecule has 142 valence electrons. The summed E-state index contributed by atoms with van der Waals surface area (Å²) < 4.78 is 67.8. The van der Waals surface area contributed by atoms with Crippen LogP contribution in [0.4, 0.5) is 27.6 Å². The number of ether oxygens (including phenoxy) is 1. The maximum absolute atomic E-state index is 12.8. The number of benzene rings is 1. The van der Waals surface area contributed by atoms with E-state index in [-0.39, 0.29) is 11.4 Å². The van der Waals surface area contributed by atoms with Crippen LogP contribution in [0.1, 0.15) is 17.0 Å². The monoisotopic (exact) mass is 397 g/mol. The molecule has 0 spiro atoms. The molecular weight excluding hydrogens is 385 g/mol. The number of nitrogens with one attached hydrogen (secondary N) is 1. The lowest BCUT2D eigenvalue weighted by atomic mass is 10.2. The highest BCUT2D eigenvalue weighted by molar-refractivity contribution is 6.32. The van der Waals surface area contributed by atoms with Crippen LogP contribution in [0, 0.1) is 13.8 Å². The Kier molecular flexibility index (Phi) is 5.74. The van der Waals surface area contributed by atoms with Crippen molar-refractivity contribution >= 4 is 23.2 Å². The zero-order valence-electron chi connectivity index (χ0n) is 13.5. The maximum atomic E-state index is 12.8. The first kappa shape index (κ1) is 20.0. The third-order valence-electron chi connectivity index (χ3n) is 3.39. The molecule has 0 radical (unpaired) electrons. The normalized spacial score (nSPS) is 11.7. The minimum absolute atomic E-state index is 0.00783. The van der Waals surface area contributed by atoms with Gasteiger partial charge in [-0.15, -0.1) is 0 Å². The van der Waals surface area contributed by atoms with E-state index in [1.165, 1.54) is 25.1 Å². The number of alkyl halides is 5. The van der Waals surface area contributed by atoms with E-state index in [0.717, 1.165) is 4.68 Å². The Balaban J connectivity index is 2.12. The topological polar surface area (TPSA) is 56.1 Å². The van der Waals surface area contributed by atoms with Crippen molar-refractivity contribution in [2.24, 2.45) is 0 Å². The molecule has 5 nitrogen and oxygen atoms in total. The fraction of sp³-hybridized carbons (Fsp3) is 0.333. The van der Waals surface area contributed by atoms with E-state index in [2.05, 4.69) is 15.2 Å². The summed E-state index contributed by atoms with van der Waals surface area (Å²) in [4.78, 5) is 12.1. The number of amides is 1. The summed E-state index contributed by atoms with van der Waals surface area (Å²) in [5.74, 6) is -0.744. The average Bonchev–Trinajstić information content (AvgIpc) is 2.78. The van der Waals surface area contributed by atoms with Crippen molar-refractivity contribution in [3.05, 3.63) is 40.2 Å². The van der Waals surface area contributed by atoms with Crippen molar-refractivity contribution in [3.63, 3.8) is 0 Å². The number of rotatable bonds is 5. The van der Waals surface area contributed by atoms with Crippen LogP contribution in [0.2, 0.25) is 5.02 Å². The van der Waals surface area contributed by atoms with Crippen LogP contribution in [0.25, 0.3) is 0 Å². The molecule has 0 saturated heterocycles. The second-order valence-corrected chi connectivity index (χ2v) is 5.68. The van der Waals surface area contributed by atoms with Crippen molar-refractivity contribution in [2.45, 2.75) is 33.2 Å². The van der Waals surface area contributed by atoms with Gasteiger partial charge in [-0.1, -0.05) is 11.6 Å². The summed E-state index contributed by atoms with van der Waals surface area (Å²) in [5, 5.41) is 5.22. The molecule has 0 fully saturated rings. The highest BCUT2D eigenvalue weighted by Crippen LogP contribution is 2.35. The van der Waals surface area contributed by atoms with Gasteiger partial charge in [-0.25, -0.2) is 0 Å². The summed E-state index contributed by atoms with van der Waals surface area (Å²) in [6.45, 7) is -0.632. The zero-order chi connectivity index (χ0) is 19.6. The quantitative estimate of drug-likeness (QED) is 0.760. The Morgan fingerprint density at radius 3 is 2.50 bits per heavy atom. The number of hydrogen-bond acceptors (Lipinski definition) is 3. The molecule has 26 heavy (non-hydrogen) atoms. The summed E-state index contributed by atoms with van der Waals surface area (Å²) in [6, 6.07) is 3.86. The molecular formula is C15H13ClF5N3O2. The molecule has 0 saturated carbocycles. The van der Waals surface area contributed by atoms with E-state index in [4.69, 9.17) is 11.6 Å². The van der Waals surface area contributed by atoms with E-state index in [1.54, 1.807) is 6.92 Å². The highest BCUT2D eigenvalue weighted by atomic mass is 35.5. The second kappa shape index (κ2) is 7.48. The van der Waals surface area contributed by atoms with E-state index >= 15 is 0 Å². The molecule has 11 heteroatoms. The van der Waals surface area contributed by atoms with Crippen LogP contribution < -0.4 is 10.1 Å². The smallest absolute Gasteiger partial charge is 0.435 e. The second-order valence-electron chi connectivity index (χ2n) is 5.31. The molecule has 1 heterocycles. The van der Waals surface area contributed by atoms with Crippen LogP contribution in [-0.2, 0) is 17.5 Å². The van der Waals surface area contributed by atoms with Gasteiger partial charge in [0.1, 0.15) is 12.3 Å². The molecule has 2 aromatic rings. The highest BCUT2D eigenvalue weighted by Gasteiger charge is 2.38. The molecule has 0 aliphatic carbocycles. The molecule has 2 rings (SSSR count). The molecule has 0 aliphatic heterocycles. The van der Waals surface area contributed by atoms with Crippen molar-refractivity contribution in [2.75, 3.05) is 5.32 Å². The van der Waals surface area contributed by atoms with Gasteiger partial charge < -0.3 is 10.1 Å². The summed E-state index contributed by atoms with van der Waals surface area (Å²) in [7, 11) is 0. The number of nitrogens with zero attached hydrogens (tertiary/aromatic N) is 2. The number of hydrogen-bond donors (Lipinski definition) is 1. The predicted molar refractivity (Wildman–Crippen MR) is 83.4 cm³/mol. The number of aryl methyl sites for hydroxylation is 1. The number of carbonyl (C=O) groups excluding carboxylic acids is 1. The van der Waals surface area contributed by atoms with Crippen molar-refractivity contribution in [3.8, 4) is 5.75 Å². The maximum Gasteiger partial charge on any atom is 0.436 e. The number of aromatic nitrogens is 2. The standard InChI is InChI=1S/C15H13ClF5N3O2/c1-7-5-9(26-14(17)18)3-4-10(7)22-11(25)6-24-8(2)12(16)13(23-24)15(19,20)21/h3-5,14H,6H2,1-2H3,(H,22,25). The largest absolute Gasteiger partial charge is 0.436 e. The van der Waals surface area contributed by atoms with Gasteiger partial charge in [0, 0.05) is 5.69 Å². The molecule has 0 bridgehead atoms. The van der Waals surface area contributed by atoms with Gasteiger partial charge in [0.05, 0.1) is 10.7 Å². The lowest BCUT2D eigenvalue weighted by Crippen LogP contribution is -2.21. The van der Waals surface area contributed by atoms with Gasteiger partial charge in [0.15, 0.2) is 5.69 Å².